The molecule has 132 valence electrons. The molecule has 4 rings (SSSR count). The lowest BCUT2D eigenvalue weighted by molar-refractivity contribution is 0.0105. The minimum absolute atomic E-state index is 0.103. The second-order valence-electron chi connectivity index (χ2n) is 6.13. The molecule has 1 aromatic heterocycles. The number of carbonyl (C=O) groups excluding carboxylic acids is 1. The highest BCUT2D eigenvalue weighted by atomic mass is 16.6. The van der Waals surface area contributed by atoms with Crippen molar-refractivity contribution in [1.82, 2.24) is 10.2 Å². The highest BCUT2D eigenvalue weighted by Gasteiger charge is 2.23. The molecule has 6 nitrogen and oxygen atoms in total. The van der Waals surface area contributed by atoms with E-state index >= 15 is 0 Å². The van der Waals surface area contributed by atoms with Gasteiger partial charge in [-0.2, -0.15) is 5.10 Å². The van der Waals surface area contributed by atoms with E-state index in [0.717, 1.165) is 5.56 Å². The number of para-hydroxylation sites is 2. The van der Waals surface area contributed by atoms with Crippen LogP contribution in [-0.2, 0) is 4.74 Å². The van der Waals surface area contributed by atoms with E-state index in [-0.39, 0.29) is 12.7 Å². The molecule has 0 spiro atoms. The molecule has 2 aromatic carbocycles. The van der Waals surface area contributed by atoms with Crippen molar-refractivity contribution in [2.24, 2.45) is 0 Å². The Balaban J connectivity index is 1.36. The number of esters is 1. The van der Waals surface area contributed by atoms with Gasteiger partial charge >= 0.3 is 5.97 Å². The number of rotatable bonds is 4. The number of benzene rings is 2. The Morgan fingerprint density at radius 2 is 1.96 bits per heavy atom. The lowest BCUT2D eigenvalue weighted by atomic mass is 10.1. The molecule has 1 aliphatic rings. The Bertz CT molecular complexity index is 918. The zero-order chi connectivity index (χ0) is 17.9. The number of hydrogen-bond donors (Lipinski definition) is 1. The molecule has 0 fully saturated rings. The molecule has 1 aliphatic heterocycles. The predicted octanol–water partition coefficient (Wildman–Crippen LogP) is 3.38. The topological polar surface area (TPSA) is 73.4 Å². The van der Waals surface area contributed by atoms with Gasteiger partial charge in [0.2, 0.25) is 0 Å². The van der Waals surface area contributed by atoms with Crippen LogP contribution in [0, 0.1) is 6.92 Å². The van der Waals surface area contributed by atoms with E-state index in [2.05, 4.69) is 10.2 Å². The molecule has 1 atom stereocenters. The highest BCUT2D eigenvalue weighted by Crippen LogP contribution is 2.30. The molecular formula is C20H18N2O4. The van der Waals surface area contributed by atoms with Crippen molar-refractivity contribution in [2.75, 3.05) is 13.2 Å². The number of nitrogens with one attached hydrogen (secondary N) is 1. The summed E-state index contributed by atoms with van der Waals surface area (Å²) in [6, 6.07) is 17.0. The van der Waals surface area contributed by atoms with Gasteiger partial charge in [-0.05, 0) is 25.1 Å². The van der Waals surface area contributed by atoms with Gasteiger partial charge < -0.3 is 14.2 Å². The molecule has 1 N–H and O–H groups in total. The first kappa shape index (κ1) is 16.2. The molecule has 0 aliphatic carbocycles. The molecule has 0 unspecified atom stereocenters. The fourth-order valence-electron chi connectivity index (χ4n) is 2.69. The van der Waals surface area contributed by atoms with Crippen molar-refractivity contribution in [3.05, 3.63) is 65.9 Å². The van der Waals surface area contributed by atoms with Crippen molar-refractivity contribution in [3.63, 3.8) is 0 Å². The first-order chi connectivity index (χ1) is 12.7. The summed E-state index contributed by atoms with van der Waals surface area (Å²) in [6.45, 7) is 2.46. The number of nitrogens with zero attached hydrogens (tertiary/aromatic N) is 1. The normalized spacial score (nSPS) is 15.5. The summed E-state index contributed by atoms with van der Waals surface area (Å²) < 4.78 is 16.7. The second kappa shape index (κ2) is 6.92. The van der Waals surface area contributed by atoms with E-state index in [1.807, 2.05) is 55.5 Å². The summed E-state index contributed by atoms with van der Waals surface area (Å²) >= 11 is 0. The quantitative estimate of drug-likeness (QED) is 0.730. The number of carbonyl (C=O) groups is 1. The van der Waals surface area contributed by atoms with Crippen LogP contribution in [0.3, 0.4) is 0 Å². The third kappa shape index (κ3) is 3.39. The van der Waals surface area contributed by atoms with E-state index in [1.54, 1.807) is 6.07 Å². The van der Waals surface area contributed by atoms with Gasteiger partial charge in [-0.3, -0.25) is 5.10 Å². The van der Waals surface area contributed by atoms with Crippen molar-refractivity contribution >= 4 is 5.97 Å². The zero-order valence-electron chi connectivity index (χ0n) is 14.3. The Kier molecular flexibility index (Phi) is 4.31. The van der Waals surface area contributed by atoms with Gasteiger partial charge in [0.25, 0.3) is 0 Å². The number of aromatic nitrogens is 2. The maximum Gasteiger partial charge on any atom is 0.356 e. The van der Waals surface area contributed by atoms with Gasteiger partial charge in [0.05, 0.1) is 5.69 Å². The Hall–Kier alpha value is -3.28. The lowest BCUT2D eigenvalue weighted by Crippen LogP contribution is -2.34. The molecule has 0 saturated carbocycles. The fraction of sp³-hybridized carbons (Fsp3) is 0.200. The second-order valence-corrected chi connectivity index (χ2v) is 6.13. The Morgan fingerprint density at radius 3 is 2.77 bits per heavy atom. The minimum atomic E-state index is -0.474. The number of aromatic amines is 1. The summed E-state index contributed by atoms with van der Waals surface area (Å²) in [7, 11) is 0. The summed E-state index contributed by atoms with van der Waals surface area (Å²) in [5.41, 5.74) is 3.10. The summed E-state index contributed by atoms with van der Waals surface area (Å²) in [6.07, 6.45) is -0.339. The average molecular weight is 350 g/mol. The summed E-state index contributed by atoms with van der Waals surface area (Å²) in [5, 5.41) is 6.91. The number of aryl methyl sites for hydroxylation is 1. The van der Waals surface area contributed by atoms with Gasteiger partial charge in [-0.25, -0.2) is 4.79 Å². The Labute approximate surface area is 150 Å². The van der Waals surface area contributed by atoms with Crippen molar-refractivity contribution < 1.29 is 19.0 Å². The van der Waals surface area contributed by atoms with Crippen LogP contribution in [0.1, 0.15) is 16.1 Å². The number of H-pyrrole nitrogens is 1. The SMILES string of the molecule is Cc1ccc(-c2cc(C(=O)OC[C@@H]3COc4ccccc4O3)[nH]n2)cc1. The zero-order valence-corrected chi connectivity index (χ0v) is 14.3. The minimum Gasteiger partial charge on any atom is -0.486 e. The van der Waals surface area contributed by atoms with E-state index in [9.17, 15) is 4.79 Å². The van der Waals surface area contributed by atoms with Crippen LogP contribution < -0.4 is 9.47 Å². The van der Waals surface area contributed by atoms with Crippen LogP contribution in [0.2, 0.25) is 0 Å². The van der Waals surface area contributed by atoms with Crippen LogP contribution in [-0.4, -0.2) is 35.5 Å². The van der Waals surface area contributed by atoms with E-state index in [1.165, 1.54) is 5.56 Å². The van der Waals surface area contributed by atoms with Crippen molar-refractivity contribution in [1.29, 1.82) is 0 Å². The molecule has 3 aromatic rings. The van der Waals surface area contributed by atoms with Crippen LogP contribution in [0.15, 0.2) is 54.6 Å². The number of hydrogen-bond acceptors (Lipinski definition) is 5. The van der Waals surface area contributed by atoms with Crippen LogP contribution in [0.4, 0.5) is 0 Å². The van der Waals surface area contributed by atoms with E-state index in [4.69, 9.17) is 14.2 Å². The summed E-state index contributed by atoms with van der Waals surface area (Å²) in [5.74, 6) is 0.882. The van der Waals surface area contributed by atoms with Crippen LogP contribution in [0.25, 0.3) is 11.3 Å². The van der Waals surface area contributed by atoms with E-state index < -0.39 is 5.97 Å². The third-order valence-electron chi connectivity index (χ3n) is 4.11. The molecule has 0 saturated heterocycles. The first-order valence-corrected chi connectivity index (χ1v) is 8.37. The van der Waals surface area contributed by atoms with E-state index in [0.29, 0.717) is 29.5 Å². The molecular weight excluding hydrogens is 332 g/mol. The first-order valence-electron chi connectivity index (χ1n) is 8.37. The molecule has 2 heterocycles. The monoisotopic (exact) mass is 350 g/mol. The molecule has 0 amide bonds. The Morgan fingerprint density at radius 1 is 1.19 bits per heavy atom. The van der Waals surface area contributed by atoms with Gasteiger partial charge in [0.15, 0.2) is 17.6 Å². The number of ether oxygens (including phenoxy) is 3. The molecule has 6 heteroatoms. The fourth-order valence-corrected chi connectivity index (χ4v) is 2.69. The van der Waals surface area contributed by atoms with Gasteiger partial charge in [-0.1, -0.05) is 42.0 Å². The maximum atomic E-state index is 12.2. The third-order valence-corrected chi connectivity index (χ3v) is 4.11. The van der Waals surface area contributed by atoms with Gasteiger partial charge in [0, 0.05) is 5.56 Å². The molecule has 26 heavy (non-hydrogen) atoms. The molecule has 0 bridgehead atoms. The predicted molar refractivity (Wildman–Crippen MR) is 95.4 cm³/mol. The average Bonchev–Trinajstić information content (AvgIpc) is 3.17. The van der Waals surface area contributed by atoms with Crippen LogP contribution >= 0.6 is 0 Å². The largest absolute Gasteiger partial charge is 0.486 e. The van der Waals surface area contributed by atoms with Crippen LogP contribution in [0.5, 0.6) is 11.5 Å². The van der Waals surface area contributed by atoms with Crippen molar-refractivity contribution in [2.45, 2.75) is 13.0 Å². The molecule has 0 radical (unpaired) electrons. The standard InChI is InChI=1S/C20H18N2O4/c1-13-6-8-14(9-7-13)16-10-17(22-21-16)20(23)25-12-15-11-24-18-4-2-3-5-19(18)26-15/h2-10,15H,11-12H2,1H3,(H,21,22)/t15-/m0/s1. The van der Waals surface area contributed by atoms with Gasteiger partial charge in [-0.15, -0.1) is 0 Å². The van der Waals surface area contributed by atoms with Crippen molar-refractivity contribution in [3.8, 4) is 22.8 Å². The number of fused-ring (bicyclic) bond motifs is 1. The smallest absolute Gasteiger partial charge is 0.356 e. The maximum absolute atomic E-state index is 12.2. The lowest BCUT2D eigenvalue weighted by Gasteiger charge is -2.25. The highest BCUT2D eigenvalue weighted by molar-refractivity contribution is 5.88. The van der Waals surface area contributed by atoms with Gasteiger partial charge in [0.1, 0.15) is 18.9 Å². The summed E-state index contributed by atoms with van der Waals surface area (Å²) in [4.78, 5) is 12.2.